The van der Waals surface area contributed by atoms with Gasteiger partial charge >= 0.3 is 13.8 Å². The van der Waals surface area contributed by atoms with Crippen molar-refractivity contribution in [2.24, 2.45) is 5.41 Å². The van der Waals surface area contributed by atoms with Gasteiger partial charge in [0, 0.05) is 0 Å². The summed E-state index contributed by atoms with van der Waals surface area (Å²) in [6.45, 7) is 2.09. The van der Waals surface area contributed by atoms with Crippen LogP contribution in [-0.2, 0) is 13.9 Å². The van der Waals surface area contributed by atoms with E-state index in [1.54, 1.807) is 0 Å². The summed E-state index contributed by atoms with van der Waals surface area (Å²) >= 11 is 0. The van der Waals surface area contributed by atoms with E-state index >= 15 is 0 Å². The predicted octanol–water partition coefficient (Wildman–Crippen LogP) is -0.359. The van der Waals surface area contributed by atoms with Crippen LogP contribution in [0.4, 0.5) is 0 Å². The standard InChI is InChI=1S/C5H11O6P/c1-5(2,3-6)4(7)11-12(8,9)10/h6H,3H2,1-2H3,(H2,8,9,10). The zero-order chi connectivity index (χ0) is 9.99. The fraction of sp³-hybridized carbons (Fsp3) is 0.800. The molecule has 0 aromatic carbocycles. The summed E-state index contributed by atoms with van der Waals surface area (Å²) in [6.07, 6.45) is 0. The van der Waals surface area contributed by atoms with Crippen molar-refractivity contribution in [2.45, 2.75) is 13.8 Å². The molecule has 0 aromatic rings. The highest BCUT2D eigenvalue weighted by Gasteiger charge is 2.33. The van der Waals surface area contributed by atoms with Crippen molar-refractivity contribution >= 4 is 13.8 Å². The van der Waals surface area contributed by atoms with Gasteiger partial charge in [0.15, 0.2) is 0 Å². The molecule has 0 fully saturated rings. The summed E-state index contributed by atoms with van der Waals surface area (Å²) in [4.78, 5) is 27.3. The summed E-state index contributed by atoms with van der Waals surface area (Å²) < 4.78 is 13.9. The number of phosphoric ester groups is 1. The van der Waals surface area contributed by atoms with Crippen LogP contribution in [0.5, 0.6) is 0 Å². The topological polar surface area (TPSA) is 104 Å². The van der Waals surface area contributed by atoms with Crippen molar-refractivity contribution < 1.29 is 28.8 Å². The van der Waals surface area contributed by atoms with E-state index in [4.69, 9.17) is 14.9 Å². The Morgan fingerprint density at radius 2 is 1.92 bits per heavy atom. The van der Waals surface area contributed by atoms with Gasteiger partial charge in [-0.05, 0) is 13.8 Å². The first kappa shape index (κ1) is 11.6. The van der Waals surface area contributed by atoms with Crippen LogP contribution in [0.15, 0.2) is 0 Å². The molecule has 0 aliphatic carbocycles. The lowest BCUT2D eigenvalue weighted by atomic mass is 9.96. The van der Waals surface area contributed by atoms with Crippen LogP contribution >= 0.6 is 7.82 Å². The van der Waals surface area contributed by atoms with Crippen molar-refractivity contribution in [3.05, 3.63) is 0 Å². The van der Waals surface area contributed by atoms with Gasteiger partial charge in [0.2, 0.25) is 0 Å². The number of phosphoric acid groups is 1. The number of hydrogen-bond acceptors (Lipinski definition) is 4. The van der Waals surface area contributed by atoms with E-state index in [1.807, 2.05) is 0 Å². The Labute approximate surface area is 69.4 Å². The maximum Gasteiger partial charge on any atom is 0.527 e. The van der Waals surface area contributed by atoms with Gasteiger partial charge in [0.1, 0.15) is 0 Å². The highest BCUT2D eigenvalue weighted by atomic mass is 31.2. The van der Waals surface area contributed by atoms with E-state index in [1.165, 1.54) is 13.8 Å². The Kier molecular flexibility index (Phi) is 3.41. The fourth-order valence-corrected chi connectivity index (χ4v) is 0.759. The first-order valence-corrected chi connectivity index (χ1v) is 4.62. The first-order chi connectivity index (χ1) is 5.19. The zero-order valence-corrected chi connectivity index (χ0v) is 7.62. The third kappa shape index (κ3) is 3.82. The third-order valence-electron chi connectivity index (χ3n) is 1.15. The molecule has 0 rings (SSSR count). The molecule has 0 saturated carbocycles. The van der Waals surface area contributed by atoms with Crippen molar-refractivity contribution in [3.63, 3.8) is 0 Å². The Morgan fingerprint density at radius 3 is 2.17 bits per heavy atom. The number of aliphatic hydroxyl groups excluding tert-OH is 1. The predicted molar refractivity (Wildman–Crippen MR) is 39.0 cm³/mol. The van der Waals surface area contributed by atoms with Crippen LogP contribution < -0.4 is 0 Å². The van der Waals surface area contributed by atoms with Gasteiger partial charge in [-0.25, -0.2) is 4.57 Å². The molecule has 0 aliphatic rings. The van der Waals surface area contributed by atoms with E-state index < -0.39 is 25.8 Å². The van der Waals surface area contributed by atoms with Gasteiger partial charge in [0.05, 0.1) is 12.0 Å². The second-order valence-electron chi connectivity index (χ2n) is 2.91. The summed E-state index contributed by atoms with van der Waals surface area (Å²) in [5.41, 5.74) is -1.29. The van der Waals surface area contributed by atoms with Crippen molar-refractivity contribution in [2.75, 3.05) is 6.61 Å². The van der Waals surface area contributed by atoms with Crippen molar-refractivity contribution in [3.8, 4) is 0 Å². The molecule has 0 heterocycles. The van der Waals surface area contributed by atoms with Crippen LogP contribution in [0.3, 0.4) is 0 Å². The molecule has 0 atom stereocenters. The quantitative estimate of drug-likeness (QED) is 0.535. The molecule has 0 unspecified atom stereocenters. The molecule has 7 heteroatoms. The Balaban J connectivity index is 4.34. The number of carbonyl (C=O) groups is 1. The Morgan fingerprint density at radius 1 is 1.50 bits per heavy atom. The van der Waals surface area contributed by atoms with Crippen LogP contribution in [0.2, 0.25) is 0 Å². The minimum atomic E-state index is -4.79. The van der Waals surface area contributed by atoms with Crippen LogP contribution in [-0.4, -0.2) is 27.5 Å². The molecule has 0 spiro atoms. The number of carbonyl (C=O) groups excluding carboxylic acids is 1. The maximum absolute atomic E-state index is 10.8. The van der Waals surface area contributed by atoms with Gasteiger partial charge in [-0.2, -0.15) is 0 Å². The molecule has 12 heavy (non-hydrogen) atoms. The van der Waals surface area contributed by atoms with Crippen LogP contribution in [0, 0.1) is 5.41 Å². The molecule has 0 amide bonds. The van der Waals surface area contributed by atoms with E-state index in [0.717, 1.165) is 0 Å². The van der Waals surface area contributed by atoms with Gasteiger partial charge in [-0.1, -0.05) is 0 Å². The maximum atomic E-state index is 10.8. The molecule has 3 N–H and O–H groups in total. The van der Waals surface area contributed by atoms with Gasteiger partial charge in [-0.15, -0.1) is 0 Å². The van der Waals surface area contributed by atoms with Crippen molar-refractivity contribution in [1.82, 2.24) is 0 Å². The van der Waals surface area contributed by atoms with Gasteiger partial charge < -0.3 is 9.63 Å². The molecule has 0 saturated heterocycles. The normalized spacial score (nSPS) is 12.8. The summed E-state index contributed by atoms with van der Waals surface area (Å²) in [5.74, 6) is -1.13. The zero-order valence-electron chi connectivity index (χ0n) is 6.72. The third-order valence-corrected chi connectivity index (χ3v) is 1.55. The number of hydrogen-bond donors (Lipinski definition) is 3. The minimum Gasteiger partial charge on any atom is -0.395 e. The van der Waals surface area contributed by atoms with Crippen molar-refractivity contribution in [1.29, 1.82) is 0 Å². The first-order valence-electron chi connectivity index (χ1n) is 3.09. The van der Waals surface area contributed by atoms with E-state index in [2.05, 4.69) is 4.52 Å². The summed E-state index contributed by atoms with van der Waals surface area (Å²) in [5, 5.41) is 8.61. The van der Waals surface area contributed by atoms with Crippen LogP contribution in [0.25, 0.3) is 0 Å². The molecule has 0 aromatic heterocycles. The number of rotatable bonds is 3. The molecule has 72 valence electrons. The summed E-state index contributed by atoms with van der Waals surface area (Å²) in [7, 11) is -4.79. The highest BCUT2D eigenvalue weighted by molar-refractivity contribution is 7.46. The average molecular weight is 198 g/mol. The van der Waals surface area contributed by atoms with E-state index in [-0.39, 0.29) is 0 Å². The lowest BCUT2D eigenvalue weighted by Gasteiger charge is -2.19. The van der Waals surface area contributed by atoms with E-state index in [0.29, 0.717) is 0 Å². The molecule has 0 radical (unpaired) electrons. The molecule has 0 aliphatic heterocycles. The minimum absolute atomic E-state index is 0.536. The Hall–Kier alpha value is -0.420. The molecular formula is C5H11O6P. The summed E-state index contributed by atoms with van der Waals surface area (Å²) in [6, 6.07) is 0. The fourth-order valence-electron chi connectivity index (χ4n) is 0.296. The Bertz CT molecular complexity index is 216. The second kappa shape index (κ2) is 3.53. The largest absolute Gasteiger partial charge is 0.527 e. The lowest BCUT2D eigenvalue weighted by molar-refractivity contribution is -0.147. The lowest BCUT2D eigenvalue weighted by Crippen LogP contribution is -2.29. The second-order valence-corrected chi connectivity index (χ2v) is 4.08. The highest BCUT2D eigenvalue weighted by Crippen LogP contribution is 2.38. The van der Waals surface area contributed by atoms with E-state index in [9.17, 15) is 9.36 Å². The molecular weight excluding hydrogens is 187 g/mol. The molecule has 6 nitrogen and oxygen atoms in total. The van der Waals surface area contributed by atoms with Gasteiger partial charge in [0.25, 0.3) is 0 Å². The van der Waals surface area contributed by atoms with Crippen LogP contribution in [0.1, 0.15) is 13.8 Å². The van der Waals surface area contributed by atoms with Gasteiger partial charge in [-0.3, -0.25) is 14.6 Å². The molecule has 0 bridgehead atoms. The smallest absolute Gasteiger partial charge is 0.395 e. The monoisotopic (exact) mass is 198 g/mol. The average Bonchev–Trinajstić information content (AvgIpc) is 1.84. The number of aliphatic hydroxyl groups is 1. The SMILES string of the molecule is CC(C)(CO)C(=O)OP(=O)(O)O.